The van der Waals surface area contributed by atoms with Gasteiger partial charge in [-0.1, -0.05) is 5.16 Å². The number of nitrogens with zero attached hydrogens (tertiary/aromatic N) is 1. The fourth-order valence-electron chi connectivity index (χ4n) is 2.06. The molecule has 2 aromatic carbocycles. The van der Waals surface area contributed by atoms with Crippen molar-refractivity contribution in [3.63, 3.8) is 0 Å². The molecule has 21 heavy (non-hydrogen) atoms. The molecule has 0 saturated carbocycles. The summed E-state index contributed by atoms with van der Waals surface area (Å²) in [7, 11) is 0. The first-order valence-corrected chi connectivity index (χ1v) is 6.22. The predicted molar refractivity (Wildman–Crippen MR) is 71.0 cm³/mol. The van der Waals surface area contributed by atoms with Crippen LogP contribution in [0.15, 0.2) is 41.6 Å². The van der Waals surface area contributed by atoms with Crippen LogP contribution in [0.5, 0.6) is 11.5 Å². The Morgan fingerprint density at radius 1 is 1.19 bits per heavy atom. The Bertz CT molecular complexity index is 716. The maximum absolute atomic E-state index is 13.5. The van der Waals surface area contributed by atoms with Gasteiger partial charge in [0.1, 0.15) is 42.1 Å². The molecule has 0 bridgehead atoms. The van der Waals surface area contributed by atoms with Gasteiger partial charge in [0, 0.05) is 23.3 Å². The van der Waals surface area contributed by atoms with Crippen LogP contribution in [-0.2, 0) is 6.61 Å². The highest BCUT2D eigenvalue weighted by molar-refractivity contribution is 6.05. The summed E-state index contributed by atoms with van der Waals surface area (Å²) in [6.45, 7) is 0.174. The molecule has 0 saturated heterocycles. The molecule has 0 fully saturated rings. The van der Waals surface area contributed by atoms with E-state index in [-0.39, 0.29) is 18.8 Å². The molecular formula is C15H11F2NO3. The van der Waals surface area contributed by atoms with E-state index in [9.17, 15) is 8.78 Å². The third-order valence-electron chi connectivity index (χ3n) is 3.16. The third kappa shape index (κ3) is 2.65. The van der Waals surface area contributed by atoms with Gasteiger partial charge in [-0.25, -0.2) is 8.78 Å². The van der Waals surface area contributed by atoms with E-state index in [1.807, 2.05) is 0 Å². The standard InChI is InChI=1S/C15H11F2NO3/c16-10-2-1-9(13(17)5-10)7-20-11-3-4-12-14(18-19)8-21-15(12)6-11/h1-6,19H,7-8H2. The van der Waals surface area contributed by atoms with Crippen molar-refractivity contribution in [2.75, 3.05) is 6.61 Å². The van der Waals surface area contributed by atoms with Gasteiger partial charge in [0.15, 0.2) is 0 Å². The molecule has 0 radical (unpaired) electrons. The summed E-state index contributed by atoms with van der Waals surface area (Å²) in [6, 6.07) is 8.33. The van der Waals surface area contributed by atoms with Gasteiger partial charge in [-0.3, -0.25) is 0 Å². The monoisotopic (exact) mass is 291 g/mol. The summed E-state index contributed by atoms with van der Waals surface area (Å²) in [5.41, 5.74) is 1.40. The van der Waals surface area contributed by atoms with Crippen LogP contribution in [0.25, 0.3) is 0 Å². The second kappa shape index (κ2) is 5.40. The normalized spacial score (nSPS) is 14.9. The zero-order valence-corrected chi connectivity index (χ0v) is 10.8. The number of hydrogen-bond acceptors (Lipinski definition) is 4. The van der Waals surface area contributed by atoms with E-state index in [2.05, 4.69) is 5.16 Å². The average molecular weight is 291 g/mol. The molecule has 1 N–H and O–H groups in total. The number of hydrogen-bond donors (Lipinski definition) is 1. The Balaban J connectivity index is 1.75. The SMILES string of the molecule is ON=C1COc2cc(OCc3ccc(F)cc3F)ccc21. The van der Waals surface area contributed by atoms with Crippen molar-refractivity contribution < 1.29 is 23.5 Å². The Morgan fingerprint density at radius 2 is 2.05 bits per heavy atom. The molecule has 0 aromatic heterocycles. The number of ether oxygens (including phenoxy) is 2. The van der Waals surface area contributed by atoms with Gasteiger partial charge in [0.25, 0.3) is 0 Å². The minimum atomic E-state index is -0.651. The number of oxime groups is 1. The summed E-state index contributed by atoms with van der Waals surface area (Å²) in [4.78, 5) is 0. The quantitative estimate of drug-likeness (QED) is 0.698. The lowest BCUT2D eigenvalue weighted by atomic mass is 10.1. The molecule has 1 aliphatic heterocycles. The third-order valence-corrected chi connectivity index (χ3v) is 3.16. The Labute approximate surface area is 119 Å². The van der Waals surface area contributed by atoms with Gasteiger partial charge in [-0.05, 0) is 24.3 Å². The van der Waals surface area contributed by atoms with Crippen molar-refractivity contribution in [2.45, 2.75) is 6.61 Å². The van der Waals surface area contributed by atoms with Crippen molar-refractivity contribution in [1.82, 2.24) is 0 Å². The summed E-state index contributed by atoms with van der Waals surface area (Å²) in [5.74, 6) is -0.253. The molecule has 0 amide bonds. The lowest BCUT2D eigenvalue weighted by Crippen LogP contribution is -2.01. The maximum atomic E-state index is 13.5. The molecule has 0 aliphatic carbocycles. The number of fused-ring (bicyclic) bond motifs is 1. The predicted octanol–water partition coefficient (Wildman–Crippen LogP) is 3.11. The number of benzene rings is 2. The van der Waals surface area contributed by atoms with E-state index < -0.39 is 11.6 Å². The smallest absolute Gasteiger partial charge is 0.134 e. The Hall–Kier alpha value is -2.63. The Morgan fingerprint density at radius 3 is 2.81 bits per heavy atom. The summed E-state index contributed by atoms with van der Waals surface area (Å²) >= 11 is 0. The van der Waals surface area contributed by atoms with Crippen LogP contribution in [0.2, 0.25) is 0 Å². The maximum Gasteiger partial charge on any atom is 0.134 e. The molecule has 4 nitrogen and oxygen atoms in total. The van der Waals surface area contributed by atoms with Gasteiger partial charge in [-0.15, -0.1) is 0 Å². The number of rotatable bonds is 3. The lowest BCUT2D eigenvalue weighted by Gasteiger charge is -2.08. The van der Waals surface area contributed by atoms with Crippen molar-refractivity contribution in [1.29, 1.82) is 0 Å². The van der Waals surface area contributed by atoms with Crippen LogP contribution in [0.3, 0.4) is 0 Å². The van der Waals surface area contributed by atoms with Gasteiger partial charge in [0.05, 0.1) is 0 Å². The highest BCUT2D eigenvalue weighted by atomic mass is 19.1. The molecule has 6 heteroatoms. The van der Waals surface area contributed by atoms with Crippen LogP contribution >= 0.6 is 0 Å². The molecule has 108 valence electrons. The summed E-state index contributed by atoms with van der Waals surface area (Å²) in [5, 5.41) is 11.9. The first kappa shape index (κ1) is 13.4. The molecule has 2 aromatic rings. The summed E-state index contributed by atoms with van der Waals surface area (Å²) < 4.78 is 37.1. The molecule has 1 heterocycles. The van der Waals surface area contributed by atoms with E-state index in [4.69, 9.17) is 14.7 Å². The van der Waals surface area contributed by atoms with Crippen molar-refractivity contribution in [3.05, 3.63) is 59.2 Å². The van der Waals surface area contributed by atoms with E-state index in [0.29, 0.717) is 22.8 Å². The molecule has 3 rings (SSSR count). The average Bonchev–Trinajstić information content (AvgIpc) is 2.88. The largest absolute Gasteiger partial charge is 0.489 e. The Kier molecular flexibility index (Phi) is 3.43. The van der Waals surface area contributed by atoms with Gasteiger partial charge < -0.3 is 14.7 Å². The topological polar surface area (TPSA) is 51.1 Å². The van der Waals surface area contributed by atoms with Crippen LogP contribution < -0.4 is 9.47 Å². The van der Waals surface area contributed by atoms with Crippen molar-refractivity contribution in [3.8, 4) is 11.5 Å². The van der Waals surface area contributed by atoms with Gasteiger partial charge >= 0.3 is 0 Å². The minimum absolute atomic E-state index is 0.0220. The minimum Gasteiger partial charge on any atom is -0.489 e. The van der Waals surface area contributed by atoms with E-state index in [0.717, 1.165) is 6.07 Å². The van der Waals surface area contributed by atoms with Crippen molar-refractivity contribution >= 4 is 5.71 Å². The van der Waals surface area contributed by atoms with E-state index >= 15 is 0 Å². The number of halogens is 2. The van der Waals surface area contributed by atoms with Gasteiger partial charge in [0.2, 0.25) is 0 Å². The van der Waals surface area contributed by atoms with Gasteiger partial charge in [-0.2, -0.15) is 0 Å². The molecule has 0 spiro atoms. The molecular weight excluding hydrogens is 280 g/mol. The highest BCUT2D eigenvalue weighted by Gasteiger charge is 2.20. The van der Waals surface area contributed by atoms with Crippen molar-refractivity contribution in [2.24, 2.45) is 5.16 Å². The lowest BCUT2D eigenvalue weighted by molar-refractivity contribution is 0.296. The van der Waals surface area contributed by atoms with Crippen LogP contribution in [0, 0.1) is 11.6 Å². The zero-order valence-electron chi connectivity index (χ0n) is 10.8. The fraction of sp³-hybridized carbons (Fsp3) is 0.133. The molecule has 0 unspecified atom stereocenters. The van der Waals surface area contributed by atoms with Crippen LogP contribution in [0.4, 0.5) is 8.78 Å². The highest BCUT2D eigenvalue weighted by Crippen LogP contribution is 2.30. The molecule has 0 atom stereocenters. The molecule has 1 aliphatic rings. The first-order valence-electron chi connectivity index (χ1n) is 6.22. The fourth-order valence-corrected chi connectivity index (χ4v) is 2.06. The summed E-state index contributed by atoms with van der Waals surface area (Å²) in [6.07, 6.45) is 0. The van der Waals surface area contributed by atoms with Crippen LogP contribution in [0.1, 0.15) is 11.1 Å². The second-order valence-corrected chi connectivity index (χ2v) is 4.52. The zero-order chi connectivity index (χ0) is 14.8. The van der Waals surface area contributed by atoms with Crippen LogP contribution in [-0.4, -0.2) is 17.5 Å². The van der Waals surface area contributed by atoms with E-state index in [1.165, 1.54) is 12.1 Å². The van der Waals surface area contributed by atoms with E-state index in [1.54, 1.807) is 18.2 Å². The second-order valence-electron chi connectivity index (χ2n) is 4.52. The first-order chi connectivity index (χ1) is 10.2.